The molecule has 3 aliphatic rings. The molecule has 0 N–H and O–H groups in total. The van der Waals surface area contributed by atoms with Crippen LogP contribution in [0.25, 0.3) is 0 Å². The molecule has 0 bridgehead atoms. The zero-order valence-electron chi connectivity index (χ0n) is 32.3. The second-order valence-electron chi connectivity index (χ2n) is 13.0. The fourth-order valence-corrected chi connectivity index (χ4v) is 61.6. The fraction of sp³-hybridized carbons (Fsp3) is 1.00. The molecule has 3 aliphatic heterocycles. The summed E-state index contributed by atoms with van der Waals surface area (Å²) >= 11 is 0. The van der Waals surface area contributed by atoms with E-state index in [1.807, 2.05) is 0 Å². The molecule has 0 spiro atoms. The molecule has 34 heteroatoms. The highest BCUT2D eigenvalue weighted by Gasteiger charge is 2.40. The molecule has 0 aromatic heterocycles. The monoisotopic (exact) mass is 1030 g/mol. The van der Waals surface area contributed by atoms with Crippen LogP contribution in [0.3, 0.4) is 0 Å². The van der Waals surface area contributed by atoms with Crippen molar-refractivity contribution in [1.29, 1.82) is 0 Å². The van der Waals surface area contributed by atoms with Crippen molar-refractivity contribution in [3.8, 4) is 0 Å². The van der Waals surface area contributed by atoms with Crippen molar-refractivity contribution in [2.75, 3.05) is 0 Å². The Morgan fingerprint density at radius 3 is 1.00 bits per heavy atom. The lowest BCUT2D eigenvalue weighted by molar-refractivity contribution is 0.272. The summed E-state index contributed by atoms with van der Waals surface area (Å²) in [5.41, 5.74) is 0. The smallest absolute Gasteiger partial charge is 0.316 e. The maximum absolute atomic E-state index is 6.59. The molecule has 0 saturated carbocycles. The third-order valence-electron chi connectivity index (χ3n) is 7.86. The van der Waals surface area contributed by atoms with Gasteiger partial charge in [-0.15, -0.1) is 0 Å². The molecule has 3 heterocycles. The van der Waals surface area contributed by atoms with E-state index in [0.29, 0.717) is 0 Å². The van der Waals surface area contributed by atoms with Crippen LogP contribution in [0.5, 0.6) is 0 Å². The molecule has 0 amide bonds. The first-order valence-electron chi connectivity index (χ1n) is 18.6. The highest BCUT2D eigenvalue weighted by molar-refractivity contribution is 6.82. The Balaban J connectivity index is 1.18. The quantitative estimate of drug-likeness (QED) is 0.0846. The van der Waals surface area contributed by atoms with Gasteiger partial charge in [0.15, 0.2) is 0 Å². The highest BCUT2D eigenvalue weighted by Crippen LogP contribution is 2.23. The fourth-order valence-electron chi connectivity index (χ4n) is 5.87. The van der Waals surface area contributed by atoms with E-state index >= 15 is 0 Å². The SMILES string of the molecule is C[SiH]1O[SiH](C)O[SiH](CC[SiH2]O[SiH2]O[SiH2]CC[SiH]2O[SiH](C)O[Si](C)(CC[SiH2]O[SiH2]O[SiH2]CC[SiH]3O[SiH](C)O[SiH](C)O[SiH](C)O3)O[SiH](C)O2)O[SiH](C)O1. The van der Waals surface area contributed by atoms with Gasteiger partial charge in [0.2, 0.25) is 0 Å². The van der Waals surface area contributed by atoms with E-state index < -0.39 is 170 Å². The molecule has 3 saturated heterocycles. The van der Waals surface area contributed by atoms with E-state index in [1.54, 1.807) is 0 Å². The molecule has 51 heavy (non-hydrogen) atoms. The van der Waals surface area contributed by atoms with Gasteiger partial charge < -0.3 is 65.8 Å². The zero-order valence-corrected chi connectivity index (χ0v) is 54.5. The Bertz CT molecular complexity index is 880. The minimum absolute atomic E-state index is 0.594. The van der Waals surface area contributed by atoms with Crippen molar-refractivity contribution in [3.05, 3.63) is 0 Å². The van der Waals surface area contributed by atoms with Crippen LogP contribution in [0.1, 0.15) is 0 Å². The van der Waals surface area contributed by atoms with Crippen LogP contribution < -0.4 is 0 Å². The van der Waals surface area contributed by atoms with Gasteiger partial charge in [0.25, 0.3) is 94.3 Å². The van der Waals surface area contributed by atoms with Crippen molar-refractivity contribution in [2.45, 2.75) is 107 Å². The van der Waals surface area contributed by atoms with Crippen molar-refractivity contribution in [2.24, 2.45) is 0 Å². The summed E-state index contributed by atoms with van der Waals surface area (Å²) < 4.78 is 98.9. The lowest BCUT2D eigenvalue weighted by Crippen LogP contribution is -2.53. The van der Waals surface area contributed by atoms with Crippen LogP contribution >= 0.6 is 0 Å². The number of rotatable bonds is 20. The summed E-state index contributed by atoms with van der Waals surface area (Å²) in [6, 6.07) is 8.14. The van der Waals surface area contributed by atoms with Gasteiger partial charge in [-0.05, 0) is 107 Å². The van der Waals surface area contributed by atoms with Gasteiger partial charge >= 0.3 is 36.4 Å². The zero-order chi connectivity index (χ0) is 37.1. The lowest BCUT2D eigenvalue weighted by Gasteiger charge is -2.37. The van der Waals surface area contributed by atoms with Gasteiger partial charge in [-0.1, -0.05) is 0 Å². The van der Waals surface area contributed by atoms with Crippen molar-refractivity contribution in [1.82, 2.24) is 0 Å². The Labute approximate surface area is 340 Å². The number of hydrogen-bond acceptors (Lipinski definition) is 16. The van der Waals surface area contributed by atoms with E-state index in [-0.39, 0.29) is 0 Å². The molecular weight excluding hydrogens is 966 g/mol. The van der Waals surface area contributed by atoms with Crippen LogP contribution in [-0.2, 0) is 65.8 Å². The van der Waals surface area contributed by atoms with Crippen molar-refractivity contribution in [3.63, 3.8) is 0 Å². The van der Waals surface area contributed by atoms with Crippen LogP contribution in [0.2, 0.25) is 107 Å². The highest BCUT2D eigenvalue weighted by atomic mass is 28.5. The van der Waals surface area contributed by atoms with E-state index in [0.717, 1.165) is 48.4 Å². The molecule has 6 atom stereocenters. The second-order valence-corrected chi connectivity index (χ2v) is 53.4. The lowest BCUT2D eigenvalue weighted by atomic mass is 10.9. The van der Waals surface area contributed by atoms with Crippen LogP contribution in [0.15, 0.2) is 0 Å². The average Bonchev–Trinajstić information content (AvgIpc) is 3.00. The van der Waals surface area contributed by atoms with Crippen molar-refractivity contribution < 1.29 is 65.8 Å². The summed E-state index contributed by atoms with van der Waals surface area (Å²) in [7, 11) is -25.0. The Morgan fingerprint density at radius 2 is 0.667 bits per heavy atom. The normalized spacial score (nSPS) is 38.9. The molecule has 0 aromatic carbocycles. The van der Waals surface area contributed by atoms with Crippen LogP contribution in [0, 0.1) is 0 Å². The standard InChI is InChI=1S/C17H66O16Si18/c1-40-22-42(3)26-48(27-43(4)23-40)14-10-34-18-38-19-36-12-16-50-30-46(7)32-51(9,33-47(8)31-50)17-13-37-21-39-20-35-11-15-49-28-44(5)24-41(2)25-45(6)29-49/h40-50H,10-17,34-39H2,1-9H3. The Hall–Kier alpha value is 3.26. The second kappa shape index (κ2) is 27.9. The molecule has 0 radical (unpaired) electrons. The maximum Gasteiger partial charge on any atom is 0.316 e. The molecule has 302 valence electrons. The van der Waals surface area contributed by atoms with E-state index in [2.05, 4.69) is 58.9 Å². The Morgan fingerprint density at radius 1 is 0.392 bits per heavy atom. The van der Waals surface area contributed by atoms with E-state index in [9.17, 15) is 0 Å². The van der Waals surface area contributed by atoms with Crippen molar-refractivity contribution >= 4 is 170 Å². The summed E-state index contributed by atoms with van der Waals surface area (Å²) in [6.45, 7) is 18.9. The minimum Gasteiger partial charge on any atom is -0.446 e. The third kappa shape index (κ3) is 22.9. The van der Waals surface area contributed by atoms with Gasteiger partial charge in [0.1, 0.15) is 39.1 Å². The summed E-state index contributed by atoms with van der Waals surface area (Å²) in [5, 5.41) is 0. The van der Waals surface area contributed by atoms with E-state index in [4.69, 9.17) is 65.8 Å². The van der Waals surface area contributed by atoms with Gasteiger partial charge in [-0.3, -0.25) is 0 Å². The Kier molecular flexibility index (Phi) is 26.6. The topological polar surface area (TPSA) is 148 Å². The van der Waals surface area contributed by atoms with E-state index in [1.165, 1.54) is 0 Å². The first kappa shape index (κ1) is 48.6. The summed E-state index contributed by atoms with van der Waals surface area (Å²) in [6.07, 6.45) is 0. The first-order chi connectivity index (χ1) is 24.4. The first-order valence-corrected chi connectivity index (χ1v) is 51.8. The largest absolute Gasteiger partial charge is 0.446 e. The summed E-state index contributed by atoms with van der Waals surface area (Å²) in [5.74, 6) is 0. The van der Waals surface area contributed by atoms with Gasteiger partial charge in [-0.25, -0.2) is 0 Å². The van der Waals surface area contributed by atoms with Crippen LogP contribution in [0.4, 0.5) is 0 Å². The van der Waals surface area contributed by atoms with Crippen LogP contribution in [-0.4, -0.2) is 170 Å². The average molecular weight is 1030 g/mol. The molecule has 0 aromatic rings. The molecule has 3 fully saturated rings. The molecule has 3 rings (SSSR count). The predicted molar refractivity (Wildman–Crippen MR) is 244 cm³/mol. The maximum atomic E-state index is 6.59. The predicted octanol–water partition coefficient (Wildman–Crippen LogP) is -5.17. The van der Waals surface area contributed by atoms with Gasteiger partial charge in [0.05, 0.1) is 0 Å². The number of hydrogen-bond donors (Lipinski definition) is 0. The molecule has 16 nitrogen and oxygen atoms in total. The molecule has 0 aliphatic carbocycles. The third-order valence-corrected chi connectivity index (χ3v) is 60.3. The summed E-state index contributed by atoms with van der Waals surface area (Å²) in [4.78, 5) is 0. The van der Waals surface area contributed by atoms with Gasteiger partial charge in [-0.2, -0.15) is 0 Å². The molecule has 6 unspecified atom stereocenters. The van der Waals surface area contributed by atoms with Gasteiger partial charge in [0, 0.05) is 0 Å². The molecular formula is C17H66O16Si18. The minimum atomic E-state index is -2.33.